The van der Waals surface area contributed by atoms with Gasteiger partial charge in [0.1, 0.15) is 0 Å². The second-order valence-electron chi connectivity index (χ2n) is 7.19. The summed E-state index contributed by atoms with van der Waals surface area (Å²) in [6, 6.07) is 19.7. The zero-order valence-electron chi connectivity index (χ0n) is 17.5. The molecule has 0 aromatic heterocycles. The number of hydrogen-bond acceptors (Lipinski definition) is 3. The lowest BCUT2D eigenvalue weighted by Gasteiger charge is -2.22. The van der Waals surface area contributed by atoms with Gasteiger partial charge in [-0.25, -0.2) is 8.42 Å². The van der Waals surface area contributed by atoms with E-state index in [2.05, 4.69) is 6.92 Å². The SMILES string of the molecule is CCCCc1ccc(N(C(=O)/C=C/c2ccccc2Cl)S(=O)(=O)c2ccc(Cl)cc2)cc1. The van der Waals surface area contributed by atoms with Crippen LogP contribution in [0.15, 0.2) is 83.8 Å². The predicted molar refractivity (Wildman–Crippen MR) is 132 cm³/mol. The van der Waals surface area contributed by atoms with Crippen LogP contribution in [0.3, 0.4) is 0 Å². The molecule has 3 aromatic carbocycles. The summed E-state index contributed by atoms with van der Waals surface area (Å²) < 4.78 is 27.6. The van der Waals surface area contributed by atoms with Crippen LogP contribution >= 0.6 is 23.2 Å². The van der Waals surface area contributed by atoms with Crippen molar-refractivity contribution in [2.45, 2.75) is 31.1 Å². The van der Waals surface area contributed by atoms with Gasteiger partial charge < -0.3 is 0 Å². The van der Waals surface area contributed by atoms with Crippen LogP contribution in [0.1, 0.15) is 30.9 Å². The van der Waals surface area contributed by atoms with Crippen molar-refractivity contribution in [2.75, 3.05) is 4.31 Å². The number of sulfonamides is 1. The van der Waals surface area contributed by atoms with Crippen molar-refractivity contribution in [2.24, 2.45) is 0 Å². The summed E-state index contributed by atoms with van der Waals surface area (Å²) in [7, 11) is -4.17. The zero-order valence-corrected chi connectivity index (χ0v) is 19.9. The van der Waals surface area contributed by atoms with Gasteiger partial charge in [-0.1, -0.05) is 66.9 Å². The minimum atomic E-state index is -4.17. The molecule has 0 saturated heterocycles. The summed E-state index contributed by atoms with van der Waals surface area (Å²) in [5.74, 6) is -0.707. The molecule has 0 unspecified atom stereocenters. The fourth-order valence-corrected chi connectivity index (χ4v) is 4.83. The Morgan fingerprint density at radius 2 is 1.59 bits per heavy atom. The summed E-state index contributed by atoms with van der Waals surface area (Å²) in [5.41, 5.74) is 1.95. The largest absolute Gasteiger partial charge is 0.271 e. The maximum atomic E-state index is 13.4. The van der Waals surface area contributed by atoms with Crippen molar-refractivity contribution >= 4 is 50.9 Å². The van der Waals surface area contributed by atoms with Crippen molar-refractivity contribution in [1.29, 1.82) is 0 Å². The normalized spacial score (nSPS) is 11.6. The molecule has 0 bridgehead atoms. The molecule has 0 fully saturated rings. The second-order valence-corrected chi connectivity index (χ2v) is 9.82. The number of aryl methyl sites for hydroxylation is 1. The molecule has 7 heteroatoms. The van der Waals surface area contributed by atoms with Crippen molar-refractivity contribution in [3.63, 3.8) is 0 Å². The summed E-state index contributed by atoms with van der Waals surface area (Å²) in [4.78, 5) is 13.1. The van der Waals surface area contributed by atoms with Crippen LogP contribution in [-0.2, 0) is 21.2 Å². The third kappa shape index (κ3) is 5.80. The highest BCUT2D eigenvalue weighted by Gasteiger charge is 2.29. The Morgan fingerprint density at radius 3 is 2.22 bits per heavy atom. The number of rotatable bonds is 8. The van der Waals surface area contributed by atoms with Gasteiger partial charge in [-0.3, -0.25) is 4.79 Å². The van der Waals surface area contributed by atoms with Gasteiger partial charge in [-0.05, 0) is 72.5 Å². The first-order chi connectivity index (χ1) is 15.3. The highest BCUT2D eigenvalue weighted by molar-refractivity contribution is 7.93. The number of nitrogens with zero attached hydrogens (tertiary/aromatic N) is 1. The van der Waals surface area contributed by atoms with Gasteiger partial charge in [0, 0.05) is 16.1 Å². The maximum Gasteiger partial charge on any atom is 0.271 e. The molecule has 0 N–H and O–H groups in total. The Balaban J connectivity index is 2.01. The number of benzene rings is 3. The molecule has 0 aliphatic rings. The third-order valence-corrected chi connectivity index (χ3v) is 7.19. The molecular weight excluding hydrogens is 465 g/mol. The van der Waals surface area contributed by atoms with Gasteiger partial charge >= 0.3 is 0 Å². The Hall–Kier alpha value is -2.60. The first-order valence-electron chi connectivity index (χ1n) is 10.2. The number of hydrogen-bond donors (Lipinski definition) is 0. The minimum absolute atomic E-state index is 0.0311. The quantitative estimate of drug-likeness (QED) is 0.329. The van der Waals surface area contributed by atoms with E-state index < -0.39 is 15.9 Å². The monoisotopic (exact) mass is 487 g/mol. The topological polar surface area (TPSA) is 54.5 Å². The number of carbonyl (C=O) groups excluding carboxylic acids is 1. The van der Waals surface area contributed by atoms with Crippen LogP contribution in [-0.4, -0.2) is 14.3 Å². The lowest BCUT2D eigenvalue weighted by molar-refractivity contribution is -0.113. The molecule has 4 nitrogen and oxygen atoms in total. The summed E-state index contributed by atoms with van der Waals surface area (Å²) >= 11 is 12.1. The van der Waals surface area contributed by atoms with E-state index in [1.54, 1.807) is 36.4 Å². The van der Waals surface area contributed by atoms with Gasteiger partial charge in [0.2, 0.25) is 0 Å². The highest BCUT2D eigenvalue weighted by Crippen LogP contribution is 2.27. The van der Waals surface area contributed by atoms with Gasteiger partial charge in [-0.2, -0.15) is 4.31 Å². The molecule has 3 aromatic rings. The molecule has 0 saturated carbocycles. The summed E-state index contributed by atoms with van der Waals surface area (Å²) in [6.07, 6.45) is 5.70. The maximum absolute atomic E-state index is 13.4. The third-order valence-electron chi connectivity index (χ3n) is 4.85. The molecule has 1 amide bonds. The van der Waals surface area contributed by atoms with Crippen molar-refractivity contribution in [3.8, 4) is 0 Å². The van der Waals surface area contributed by atoms with E-state index >= 15 is 0 Å². The zero-order chi connectivity index (χ0) is 23.1. The Labute approximate surface area is 199 Å². The molecule has 0 atom stereocenters. The van der Waals surface area contributed by atoms with Crippen molar-refractivity contribution < 1.29 is 13.2 Å². The van der Waals surface area contributed by atoms with E-state index in [9.17, 15) is 13.2 Å². The fourth-order valence-electron chi connectivity index (χ4n) is 3.11. The van der Waals surface area contributed by atoms with E-state index in [1.165, 1.54) is 36.4 Å². The minimum Gasteiger partial charge on any atom is -0.268 e. The Bertz CT molecular complexity index is 1200. The standard InChI is InChI=1S/C25H23Cl2NO3S/c1-2-3-6-19-9-14-22(15-10-19)28(32(30,31)23-16-12-21(26)13-17-23)25(29)18-11-20-7-4-5-8-24(20)27/h4-5,7-18H,2-3,6H2,1H3/b18-11+. The lowest BCUT2D eigenvalue weighted by atomic mass is 10.1. The Morgan fingerprint density at radius 1 is 0.938 bits per heavy atom. The fraction of sp³-hybridized carbons (Fsp3) is 0.160. The van der Waals surface area contributed by atoms with E-state index in [-0.39, 0.29) is 10.6 Å². The van der Waals surface area contributed by atoms with Crippen LogP contribution < -0.4 is 4.31 Å². The number of halogens is 2. The average Bonchev–Trinajstić information content (AvgIpc) is 2.78. The average molecular weight is 488 g/mol. The number of unbranched alkanes of at least 4 members (excludes halogenated alkanes) is 1. The number of amides is 1. The van der Waals surface area contributed by atoms with Crippen molar-refractivity contribution in [1.82, 2.24) is 0 Å². The van der Waals surface area contributed by atoms with E-state index in [0.717, 1.165) is 29.1 Å². The van der Waals surface area contributed by atoms with Gasteiger partial charge in [0.15, 0.2) is 0 Å². The van der Waals surface area contributed by atoms with Crippen LogP contribution in [0.2, 0.25) is 10.0 Å². The molecule has 32 heavy (non-hydrogen) atoms. The second kappa shape index (κ2) is 10.8. The van der Waals surface area contributed by atoms with Crippen LogP contribution in [0.25, 0.3) is 6.08 Å². The smallest absolute Gasteiger partial charge is 0.268 e. The van der Waals surface area contributed by atoms with E-state index in [0.29, 0.717) is 15.6 Å². The Kier molecular flexibility index (Phi) is 8.13. The van der Waals surface area contributed by atoms with Crippen molar-refractivity contribution in [3.05, 3.63) is 100 Å². The highest BCUT2D eigenvalue weighted by atomic mass is 35.5. The van der Waals surface area contributed by atoms with E-state index in [1.807, 2.05) is 12.1 Å². The lowest BCUT2D eigenvalue weighted by Crippen LogP contribution is -2.35. The molecule has 0 aliphatic carbocycles. The number of carbonyl (C=O) groups is 1. The molecule has 0 aliphatic heterocycles. The van der Waals surface area contributed by atoms with Crippen LogP contribution in [0.4, 0.5) is 5.69 Å². The van der Waals surface area contributed by atoms with Gasteiger partial charge in [0.25, 0.3) is 15.9 Å². The molecule has 0 heterocycles. The molecule has 0 spiro atoms. The number of anilines is 1. The van der Waals surface area contributed by atoms with Gasteiger partial charge in [-0.15, -0.1) is 0 Å². The first-order valence-corrected chi connectivity index (χ1v) is 12.4. The first kappa shape index (κ1) is 24.1. The van der Waals surface area contributed by atoms with E-state index in [4.69, 9.17) is 23.2 Å². The van der Waals surface area contributed by atoms with Gasteiger partial charge in [0.05, 0.1) is 10.6 Å². The molecular formula is C25H23Cl2NO3S. The summed E-state index contributed by atoms with van der Waals surface area (Å²) in [6.45, 7) is 2.11. The van der Waals surface area contributed by atoms with Crippen LogP contribution in [0, 0.1) is 0 Å². The molecule has 166 valence electrons. The molecule has 3 rings (SSSR count). The molecule has 0 radical (unpaired) electrons. The van der Waals surface area contributed by atoms with Crippen LogP contribution in [0.5, 0.6) is 0 Å². The summed E-state index contributed by atoms with van der Waals surface area (Å²) in [5, 5.41) is 0.865. The predicted octanol–water partition coefficient (Wildman–Crippen LogP) is 6.77.